The lowest BCUT2D eigenvalue weighted by atomic mass is 10.2. The van der Waals surface area contributed by atoms with Gasteiger partial charge in [-0.05, 0) is 55.2 Å². The molecule has 6 nitrogen and oxygen atoms in total. The third-order valence-electron chi connectivity index (χ3n) is 5.36. The van der Waals surface area contributed by atoms with Crippen molar-refractivity contribution in [3.05, 3.63) is 45.6 Å². The monoisotopic (exact) mass is 489 g/mol. The van der Waals surface area contributed by atoms with Crippen molar-refractivity contribution < 1.29 is 27.5 Å². The molecule has 0 bridgehead atoms. The number of thiophene rings is 1. The van der Waals surface area contributed by atoms with Crippen LogP contribution in [0.4, 0.5) is 18.9 Å². The van der Waals surface area contributed by atoms with Crippen molar-refractivity contribution in [2.24, 2.45) is 0 Å². The Morgan fingerprint density at radius 3 is 2.38 bits per heavy atom. The topological polar surface area (TPSA) is 61.9 Å². The number of halogens is 4. The van der Waals surface area contributed by atoms with Gasteiger partial charge < -0.3 is 15.0 Å². The number of hydrogen-bond donors (Lipinski definition) is 1. The lowest BCUT2D eigenvalue weighted by Gasteiger charge is -2.34. The Balaban J connectivity index is 0.00000289. The number of nitrogens with zero attached hydrogens (tertiary/aromatic N) is 2. The van der Waals surface area contributed by atoms with Gasteiger partial charge in [0, 0.05) is 36.7 Å². The molecule has 2 heterocycles. The number of fused-ring (bicyclic) bond motifs is 1. The van der Waals surface area contributed by atoms with Crippen molar-refractivity contribution in [3.8, 4) is 5.75 Å². The molecule has 11 heteroatoms. The molecule has 0 atom stereocenters. The van der Waals surface area contributed by atoms with E-state index in [1.165, 1.54) is 29.0 Å². The number of alkyl halides is 3. The quantitative estimate of drug-likeness (QED) is 0.691. The van der Waals surface area contributed by atoms with Crippen molar-refractivity contribution >= 4 is 41.2 Å². The molecule has 1 aromatic heterocycles. The van der Waals surface area contributed by atoms with Gasteiger partial charge in [-0.25, -0.2) is 0 Å². The van der Waals surface area contributed by atoms with Gasteiger partial charge in [0.25, 0.3) is 5.91 Å². The molecule has 32 heavy (non-hydrogen) atoms. The normalized spacial score (nSPS) is 16.3. The Hall–Kier alpha value is -2.30. The molecule has 0 saturated carbocycles. The zero-order valence-corrected chi connectivity index (χ0v) is 18.7. The highest BCUT2D eigenvalue weighted by Gasteiger charge is 2.31. The highest BCUT2D eigenvalue weighted by atomic mass is 35.5. The van der Waals surface area contributed by atoms with Crippen LogP contribution in [-0.2, 0) is 17.6 Å². The molecular formula is C21H23ClF3N3O3S. The average molecular weight is 490 g/mol. The lowest BCUT2D eigenvalue weighted by Crippen LogP contribution is -2.50. The van der Waals surface area contributed by atoms with Crippen LogP contribution in [0.1, 0.15) is 26.5 Å². The van der Waals surface area contributed by atoms with Crippen LogP contribution in [0.2, 0.25) is 0 Å². The summed E-state index contributed by atoms with van der Waals surface area (Å²) in [6.45, 7) is 2.43. The van der Waals surface area contributed by atoms with Crippen LogP contribution in [0.5, 0.6) is 5.75 Å². The zero-order chi connectivity index (χ0) is 22.0. The van der Waals surface area contributed by atoms with E-state index < -0.39 is 6.36 Å². The summed E-state index contributed by atoms with van der Waals surface area (Å²) in [5.41, 5.74) is 1.70. The summed E-state index contributed by atoms with van der Waals surface area (Å²) in [4.78, 5) is 30.9. The van der Waals surface area contributed by atoms with E-state index in [2.05, 4.69) is 10.1 Å². The number of piperazine rings is 1. The molecule has 2 amide bonds. The van der Waals surface area contributed by atoms with Crippen LogP contribution in [0, 0.1) is 0 Å². The van der Waals surface area contributed by atoms with E-state index in [1.807, 2.05) is 15.9 Å². The largest absolute Gasteiger partial charge is 0.573 e. The molecule has 2 aliphatic rings. The summed E-state index contributed by atoms with van der Waals surface area (Å²) in [6, 6.07) is 7.03. The molecule has 1 aromatic carbocycles. The molecule has 1 N–H and O–H groups in total. The minimum absolute atomic E-state index is 0. The molecule has 4 rings (SSSR count). The molecule has 1 fully saturated rings. The summed E-state index contributed by atoms with van der Waals surface area (Å²) in [5, 5.41) is 2.66. The number of hydrogen-bond acceptors (Lipinski definition) is 5. The summed E-state index contributed by atoms with van der Waals surface area (Å²) >= 11 is 1.60. The maximum Gasteiger partial charge on any atom is 0.573 e. The molecule has 0 spiro atoms. The predicted octanol–water partition coefficient (Wildman–Crippen LogP) is 3.95. The fourth-order valence-electron chi connectivity index (χ4n) is 3.84. The molecule has 174 valence electrons. The Kier molecular flexibility index (Phi) is 7.68. The van der Waals surface area contributed by atoms with Crippen molar-refractivity contribution in [1.29, 1.82) is 0 Å². The minimum Gasteiger partial charge on any atom is -0.406 e. The zero-order valence-electron chi connectivity index (χ0n) is 17.1. The first kappa shape index (κ1) is 24.3. The summed E-state index contributed by atoms with van der Waals surface area (Å²) in [5.74, 6) is -0.550. The Bertz CT molecular complexity index is 936. The second-order valence-electron chi connectivity index (χ2n) is 7.60. The molecule has 2 aromatic rings. The van der Waals surface area contributed by atoms with Gasteiger partial charge in [0.1, 0.15) is 5.75 Å². The van der Waals surface area contributed by atoms with Gasteiger partial charge in [0.05, 0.1) is 11.4 Å². The molecule has 1 saturated heterocycles. The molecule has 0 unspecified atom stereocenters. The van der Waals surface area contributed by atoms with Gasteiger partial charge in [-0.15, -0.1) is 36.9 Å². The highest BCUT2D eigenvalue weighted by molar-refractivity contribution is 7.14. The average Bonchev–Trinajstić information content (AvgIpc) is 3.31. The van der Waals surface area contributed by atoms with Gasteiger partial charge in [-0.1, -0.05) is 0 Å². The van der Waals surface area contributed by atoms with Crippen molar-refractivity contribution in [2.45, 2.75) is 25.6 Å². The predicted molar refractivity (Wildman–Crippen MR) is 118 cm³/mol. The van der Waals surface area contributed by atoms with Crippen LogP contribution >= 0.6 is 23.7 Å². The fourth-order valence-corrected chi connectivity index (χ4v) is 5.06. The van der Waals surface area contributed by atoms with E-state index >= 15 is 0 Å². The van der Waals surface area contributed by atoms with Crippen LogP contribution in [-0.4, -0.2) is 60.7 Å². The van der Waals surface area contributed by atoms with Crippen LogP contribution < -0.4 is 10.1 Å². The minimum atomic E-state index is -4.75. The van der Waals surface area contributed by atoms with E-state index in [4.69, 9.17) is 0 Å². The van der Waals surface area contributed by atoms with E-state index in [-0.39, 0.29) is 36.5 Å². The number of benzene rings is 1. The van der Waals surface area contributed by atoms with Crippen molar-refractivity contribution in [1.82, 2.24) is 9.80 Å². The second-order valence-corrected chi connectivity index (χ2v) is 8.74. The molecule has 0 radical (unpaired) electrons. The highest BCUT2D eigenvalue weighted by Crippen LogP contribution is 2.31. The summed E-state index contributed by atoms with van der Waals surface area (Å²) < 4.78 is 40.4. The first-order chi connectivity index (χ1) is 14.8. The number of carbonyl (C=O) groups is 2. The van der Waals surface area contributed by atoms with Gasteiger partial charge in [0.2, 0.25) is 5.91 Å². The third-order valence-corrected chi connectivity index (χ3v) is 6.58. The number of nitrogens with one attached hydrogen (secondary N) is 1. The number of amides is 2. The van der Waals surface area contributed by atoms with Gasteiger partial charge in [0.15, 0.2) is 0 Å². The molecule has 1 aliphatic carbocycles. The summed E-state index contributed by atoms with van der Waals surface area (Å²) in [7, 11) is 0. The first-order valence-electron chi connectivity index (χ1n) is 10.1. The number of rotatable bonds is 5. The lowest BCUT2D eigenvalue weighted by molar-refractivity contribution is -0.274. The van der Waals surface area contributed by atoms with E-state index in [0.29, 0.717) is 31.9 Å². The van der Waals surface area contributed by atoms with Gasteiger partial charge in [-0.3, -0.25) is 14.5 Å². The maximum atomic E-state index is 12.7. The number of aryl methyl sites for hydroxylation is 2. The van der Waals surface area contributed by atoms with E-state index in [9.17, 15) is 22.8 Å². The van der Waals surface area contributed by atoms with Gasteiger partial charge >= 0.3 is 6.36 Å². The van der Waals surface area contributed by atoms with Crippen LogP contribution in [0.25, 0.3) is 0 Å². The van der Waals surface area contributed by atoms with Gasteiger partial charge in [-0.2, -0.15) is 0 Å². The van der Waals surface area contributed by atoms with E-state index in [0.717, 1.165) is 29.9 Å². The fraction of sp³-hybridized carbons (Fsp3) is 0.429. The SMILES string of the molecule is Cl.O=C(CN1CCN(C(=O)c2cc3c(s2)CCC3)CC1)Nc1ccc(OC(F)(F)F)cc1. The number of anilines is 1. The molecule has 1 aliphatic heterocycles. The first-order valence-corrected chi connectivity index (χ1v) is 10.9. The maximum absolute atomic E-state index is 12.7. The van der Waals surface area contributed by atoms with Crippen molar-refractivity contribution in [3.63, 3.8) is 0 Å². The number of carbonyl (C=O) groups excluding carboxylic acids is 2. The van der Waals surface area contributed by atoms with Crippen LogP contribution in [0.15, 0.2) is 30.3 Å². The summed E-state index contributed by atoms with van der Waals surface area (Å²) in [6.07, 6.45) is -1.46. The third kappa shape index (κ3) is 6.14. The Morgan fingerprint density at radius 1 is 1.06 bits per heavy atom. The van der Waals surface area contributed by atoms with Crippen molar-refractivity contribution in [2.75, 3.05) is 38.0 Å². The smallest absolute Gasteiger partial charge is 0.406 e. The van der Waals surface area contributed by atoms with E-state index in [1.54, 1.807) is 11.3 Å². The molecular weight excluding hydrogens is 467 g/mol. The standard InChI is InChI=1S/C21H22F3N3O3S.ClH/c22-21(23,24)30-16-6-4-15(5-7-16)25-19(28)13-26-8-10-27(11-9-26)20(29)18-12-14-2-1-3-17(14)31-18;/h4-7,12H,1-3,8-11,13H2,(H,25,28);1H. The Morgan fingerprint density at radius 2 is 1.75 bits per heavy atom. The second kappa shape index (κ2) is 10.1. The Labute approximate surface area is 193 Å². The number of ether oxygens (including phenoxy) is 1. The van der Waals surface area contributed by atoms with Crippen LogP contribution in [0.3, 0.4) is 0 Å².